The van der Waals surface area contributed by atoms with Crippen molar-refractivity contribution in [1.82, 2.24) is 19.9 Å². The molecule has 2 aromatic heterocycles. The van der Waals surface area contributed by atoms with Gasteiger partial charge in [-0.15, -0.1) is 13.2 Å². The number of fused-ring (bicyclic) bond motifs is 1. The van der Waals surface area contributed by atoms with E-state index in [2.05, 4.69) is 24.7 Å². The van der Waals surface area contributed by atoms with Crippen LogP contribution in [0.25, 0.3) is 11.3 Å². The zero-order valence-corrected chi connectivity index (χ0v) is 12.8. The lowest BCUT2D eigenvalue weighted by molar-refractivity contribution is -0.274. The van der Waals surface area contributed by atoms with Crippen LogP contribution < -0.4 is 9.47 Å². The number of benzene rings is 1. The molecule has 1 N–H and O–H groups in total. The number of H-pyrrole nitrogens is 1. The van der Waals surface area contributed by atoms with E-state index in [9.17, 15) is 13.2 Å². The second-order valence-corrected chi connectivity index (χ2v) is 5.05. The first-order valence-corrected chi connectivity index (χ1v) is 6.96. The summed E-state index contributed by atoms with van der Waals surface area (Å²) in [4.78, 5) is 15.8. The second-order valence-electron chi connectivity index (χ2n) is 5.05. The van der Waals surface area contributed by atoms with Gasteiger partial charge >= 0.3 is 6.36 Å². The maximum atomic E-state index is 12.3. The van der Waals surface area contributed by atoms with Crippen molar-refractivity contribution in [3.8, 4) is 11.6 Å². The largest absolute Gasteiger partial charge is 0.573 e. The van der Waals surface area contributed by atoms with Crippen LogP contribution in [0.4, 0.5) is 13.2 Å². The second kappa shape index (κ2) is 5.99. The van der Waals surface area contributed by atoms with E-state index >= 15 is 0 Å². The molecule has 0 unspecified atom stereocenters. The Hall–Kier alpha value is -2.84. The predicted molar refractivity (Wildman–Crippen MR) is 78.9 cm³/mol. The van der Waals surface area contributed by atoms with Gasteiger partial charge in [-0.25, -0.2) is 9.97 Å². The Balaban J connectivity index is 1.93. The molecule has 6 nitrogen and oxygen atoms in total. The van der Waals surface area contributed by atoms with Gasteiger partial charge in [-0.2, -0.15) is 4.98 Å². The zero-order valence-electron chi connectivity index (χ0n) is 12.8. The van der Waals surface area contributed by atoms with Crippen molar-refractivity contribution >= 4 is 11.3 Å². The number of imidazole rings is 1. The minimum atomic E-state index is -4.73. The average molecular weight is 338 g/mol. The molecule has 0 atom stereocenters. The van der Waals surface area contributed by atoms with Crippen molar-refractivity contribution in [2.24, 2.45) is 0 Å². The first-order chi connectivity index (χ1) is 11.3. The summed E-state index contributed by atoms with van der Waals surface area (Å²) in [6.07, 6.45) is -4.50. The third-order valence-electron chi connectivity index (χ3n) is 3.18. The summed E-state index contributed by atoms with van der Waals surface area (Å²) in [5.74, 6) is 0.645. The molecule has 0 spiro atoms. The molecule has 0 aliphatic carbocycles. The highest BCUT2D eigenvalue weighted by Gasteiger charge is 2.31. The summed E-state index contributed by atoms with van der Waals surface area (Å²) in [6.45, 7) is 1.77. The number of aromatic nitrogens is 4. The third-order valence-corrected chi connectivity index (χ3v) is 3.18. The lowest BCUT2D eigenvalue weighted by Crippen LogP contribution is -2.17. The maximum Gasteiger partial charge on any atom is 0.573 e. The Kier molecular flexibility index (Phi) is 4.00. The van der Waals surface area contributed by atoms with Crippen LogP contribution in [0.1, 0.15) is 17.1 Å². The quantitative estimate of drug-likeness (QED) is 0.791. The number of halogens is 3. The number of nitrogens with one attached hydrogen (secondary N) is 1. The van der Waals surface area contributed by atoms with E-state index in [0.717, 1.165) is 0 Å². The molecule has 0 radical (unpaired) electrons. The number of aryl methyl sites for hydroxylation is 1. The molecule has 126 valence electrons. The van der Waals surface area contributed by atoms with E-state index in [1.165, 1.54) is 25.3 Å². The highest BCUT2D eigenvalue weighted by molar-refractivity contribution is 5.66. The van der Waals surface area contributed by atoms with Crippen molar-refractivity contribution in [3.63, 3.8) is 0 Å². The van der Waals surface area contributed by atoms with E-state index in [-0.39, 0.29) is 18.1 Å². The molecule has 2 heterocycles. The number of methoxy groups -OCH3 is 1. The van der Waals surface area contributed by atoms with Gasteiger partial charge < -0.3 is 14.5 Å². The zero-order chi connectivity index (χ0) is 17.3. The first kappa shape index (κ1) is 16.0. The Morgan fingerprint density at radius 2 is 1.96 bits per heavy atom. The van der Waals surface area contributed by atoms with Crippen LogP contribution in [0.2, 0.25) is 0 Å². The molecule has 0 amide bonds. The molecule has 0 saturated carbocycles. The van der Waals surface area contributed by atoms with Crippen LogP contribution in [0.3, 0.4) is 0 Å². The Morgan fingerprint density at radius 1 is 1.17 bits per heavy atom. The molecule has 0 aliphatic rings. The van der Waals surface area contributed by atoms with Gasteiger partial charge in [0.05, 0.1) is 7.11 Å². The minimum Gasteiger partial charge on any atom is -0.480 e. The first-order valence-electron chi connectivity index (χ1n) is 6.96. The van der Waals surface area contributed by atoms with Gasteiger partial charge in [-0.05, 0) is 24.6 Å². The average Bonchev–Trinajstić information content (AvgIpc) is 2.84. The van der Waals surface area contributed by atoms with Gasteiger partial charge in [0.2, 0.25) is 11.5 Å². The van der Waals surface area contributed by atoms with Crippen molar-refractivity contribution in [2.75, 3.05) is 7.11 Å². The summed E-state index contributed by atoms with van der Waals surface area (Å²) in [7, 11) is 1.45. The molecule has 0 bridgehead atoms. The summed E-state index contributed by atoms with van der Waals surface area (Å²) in [5, 5.41) is 0. The fraction of sp³-hybridized carbons (Fsp3) is 0.267. The molecule has 0 fully saturated rings. The Labute approximate surface area is 134 Å². The summed E-state index contributed by atoms with van der Waals surface area (Å²) >= 11 is 0. The molecule has 24 heavy (non-hydrogen) atoms. The van der Waals surface area contributed by atoms with Crippen LogP contribution in [0, 0.1) is 6.92 Å². The van der Waals surface area contributed by atoms with Crippen LogP contribution in [0.5, 0.6) is 11.6 Å². The number of ether oxygens (including phenoxy) is 2. The topological polar surface area (TPSA) is 72.9 Å². The van der Waals surface area contributed by atoms with Crippen molar-refractivity contribution in [3.05, 3.63) is 41.3 Å². The minimum absolute atomic E-state index is 0.235. The van der Waals surface area contributed by atoms with Gasteiger partial charge in [0.1, 0.15) is 17.3 Å². The van der Waals surface area contributed by atoms with E-state index in [1.807, 2.05) is 0 Å². The fourth-order valence-electron chi connectivity index (χ4n) is 2.29. The third kappa shape index (κ3) is 3.55. The normalized spacial score (nSPS) is 11.7. The standard InChI is InChI=1S/C15H13F3N4O2/c1-8-19-12-13(20-8)22-14(23-2)11(21-12)7-9-4-3-5-10(6-9)24-15(16,17)18/h3-6H,7H2,1-2H3,(H,19,20,21,22). The van der Waals surface area contributed by atoms with Crippen LogP contribution in [-0.2, 0) is 6.42 Å². The number of rotatable bonds is 4. The summed E-state index contributed by atoms with van der Waals surface area (Å²) < 4.78 is 46.1. The lowest BCUT2D eigenvalue weighted by atomic mass is 10.1. The molecule has 9 heteroatoms. The number of alkyl halides is 3. The van der Waals surface area contributed by atoms with E-state index < -0.39 is 6.36 Å². The number of hydrogen-bond acceptors (Lipinski definition) is 5. The van der Waals surface area contributed by atoms with E-state index in [1.54, 1.807) is 13.0 Å². The van der Waals surface area contributed by atoms with Gasteiger partial charge in [0.25, 0.3) is 0 Å². The van der Waals surface area contributed by atoms with Crippen molar-refractivity contribution < 1.29 is 22.6 Å². The monoisotopic (exact) mass is 338 g/mol. The van der Waals surface area contributed by atoms with Gasteiger partial charge in [0, 0.05) is 6.42 Å². The Bertz CT molecular complexity index is 877. The predicted octanol–water partition coefficient (Wildman–Crippen LogP) is 3.16. The van der Waals surface area contributed by atoms with Gasteiger partial charge in [-0.1, -0.05) is 12.1 Å². The maximum absolute atomic E-state index is 12.3. The number of aromatic amines is 1. The fourth-order valence-corrected chi connectivity index (χ4v) is 2.29. The highest BCUT2D eigenvalue weighted by atomic mass is 19.4. The lowest BCUT2D eigenvalue weighted by Gasteiger charge is -2.10. The summed E-state index contributed by atoms with van der Waals surface area (Å²) in [6, 6.07) is 5.69. The Morgan fingerprint density at radius 3 is 2.67 bits per heavy atom. The van der Waals surface area contributed by atoms with Crippen molar-refractivity contribution in [2.45, 2.75) is 19.7 Å². The molecule has 1 aromatic carbocycles. The molecular formula is C15H13F3N4O2. The van der Waals surface area contributed by atoms with Crippen molar-refractivity contribution in [1.29, 1.82) is 0 Å². The number of nitrogens with zero attached hydrogens (tertiary/aromatic N) is 3. The smallest absolute Gasteiger partial charge is 0.480 e. The molecule has 0 saturated heterocycles. The van der Waals surface area contributed by atoms with Crippen LogP contribution in [-0.4, -0.2) is 33.4 Å². The molecule has 3 rings (SSSR count). The summed E-state index contributed by atoms with van der Waals surface area (Å²) in [5.41, 5.74) is 1.98. The van der Waals surface area contributed by atoms with Crippen LogP contribution >= 0.6 is 0 Å². The molecular weight excluding hydrogens is 325 g/mol. The number of hydrogen-bond donors (Lipinski definition) is 1. The van der Waals surface area contributed by atoms with E-state index in [0.29, 0.717) is 28.4 Å². The molecule has 3 aromatic rings. The van der Waals surface area contributed by atoms with Gasteiger partial charge in [0.15, 0.2) is 5.65 Å². The molecule has 0 aliphatic heterocycles. The van der Waals surface area contributed by atoms with Gasteiger partial charge in [-0.3, -0.25) is 0 Å². The van der Waals surface area contributed by atoms with Crippen LogP contribution in [0.15, 0.2) is 24.3 Å². The highest BCUT2D eigenvalue weighted by Crippen LogP contribution is 2.26. The van der Waals surface area contributed by atoms with E-state index in [4.69, 9.17) is 4.74 Å². The SMILES string of the molecule is COc1nc2nc(C)[nH]c2nc1Cc1cccc(OC(F)(F)F)c1.